The van der Waals surface area contributed by atoms with Gasteiger partial charge in [-0.3, -0.25) is 9.59 Å². The lowest BCUT2D eigenvalue weighted by Gasteiger charge is -2.38. The summed E-state index contributed by atoms with van der Waals surface area (Å²) in [6.07, 6.45) is 5.77. The van der Waals surface area contributed by atoms with E-state index >= 15 is 0 Å². The van der Waals surface area contributed by atoms with E-state index in [0.717, 1.165) is 17.8 Å². The number of furan rings is 1. The first-order chi connectivity index (χ1) is 12.5. The largest absolute Gasteiger partial charge is 0.472 e. The Hall–Kier alpha value is -2.50. The van der Waals surface area contributed by atoms with Gasteiger partial charge in [-0.2, -0.15) is 0 Å². The van der Waals surface area contributed by atoms with E-state index in [9.17, 15) is 9.59 Å². The highest BCUT2D eigenvalue weighted by Gasteiger charge is 2.33. The zero-order valence-corrected chi connectivity index (χ0v) is 15.7. The Bertz CT molecular complexity index is 748. The van der Waals surface area contributed by atoms with Crippen LogP contribution in [0.5, 0.6) is 0 Å². The number of hydrogen-bond donors (Lipinski definition) is 0. The van der Waals surface area contributed by atoms with Crippen LogP contribution < -0.4 is 0 Å². The van der Waals surface area contributed by atoms with Crippen molar-refractivity contribution in [1.29, 1.82) is 0 Å². The summed E-state index contributed by atoms with van der Waals surface area (Å²) in [6, 6.07) is 5.77. The van der Waals surface area contributed by atoms with Crippen LogP contribution in [0.2, 0.25) is 0 Å². The lowest BCUT2D eigenvalue weighted by Crippen LogP contribution is -2.48. The minimum absolute atomic E-state index is 0.0206. The standard InChI is InChI=1S/C20H27N3O3/c1-4-18(24)22(12-15(2)3)13-19(25)23-10-9-21-8-5-6-17(21)20(23)16-7-11-26-14-16/h5-8,11,14-15,20H,4,9-10,12-13H2,1-3H3/t20-/m0/s1. The SMILES string of the molecule is CCC(=O)N(CC(=O)N1CCn2cccc2[C@@H]1c1ccoc1)CC(C)C. The summed E-state index contributed by atoms with van der Waals surface area (Å²) >= 11 is 0. The van der Waals surface area contributed by atoms with Gasteiger partial charge < -0.3 is 18.8 Å². The van der Waals surface area contributed by atoms with Gasteiger partial charge in [-0.05, 0) is 24.1 Å². The van der Waals surface area contributed by atoms with Crippen molar-refractivity contribution in [2.75, 3.05) is 19.6 Å². The lowest BCUT2D eigenvalue weighted by molar-refractivity contribution is -0.142. The van der Waals surface area contributed by atoms with Crippen LogP contribution in [0.3, 0.4) is 0 Å². The van der Waals surface area contributed by atoms with E-state index in [2.05, 4.69) is 18.4 Å². The van der Waals surface area contributed by atoms with Gasteiger partial charge in [0.2, 0.25) is 11.8 Å². The Labute approximate surface area is 154 Å². The first-order valence-electron chi connectivity index (χ1n) is 9.25. The zero-order chi connectivity index (χ0) is 18.7. The number of aromatic nitrogens is 1. The molecule has 3 heterocycles. The molecule has 3 rings (SSSR count). The molecule has 0 radical (unpaired) electrons. The summed E-state index contributed by atoms with van der Waals surface area (Å²) in [6.45, 7) is 8.05. The summed E-state index contributed by atoms with van der Waals surface area (Å²) < 4.78 is 7.44. The van der Waals surface area contributed by atoms with Gasteiger partial charge in [0.1, 0.15) is 6.04 Å². The number of carbonyl (C=O) groups is 2. The number of nitrogens with zero attached hydrogens (tertiary/aromatic N) is 3. The average molecular weight is 357 g/mol. The molecule has 0 spiro atoms. The Balaban J connectivity index is 1.84. The molecule has 0 aliphatic carbocycles. The second-order valence-electron chi connectivity index (χ2n) is 7.19. The van der Waals surface area contributed by atoms with E-state index in [1.54, 1.807) is 17.4 Å². The molecule has 6 nitrogen and oxygen atoms in total. The Morgan fingerprint density at radius 1 is 1.31 bits per heavy atom. The van der Waals surface area contributed by atoms with E-state index < -0.39 is 0 Å². The average Bonchev–Trinajstić information content (AvgIpc) is 3.30. The molecule has 0 N–H and O–H groups in total. The van der Waals surface area contributed by atoms with E-state index in [0.29, 0.717) is 25.4 Å². The molecule has 0 saturated carbocycles. The number of hydrogen-bond acceptors (Lipinski definition) is 3. The van der Waals surface area contributed by atoms with Crippen molar-refractivity contribution in [1.82, 2.24) is 14.4 Å². The molecular weight excluding hydrogens is 330 g/mol. The van der Waals surface area contributed by atoms with Gasteiger partial charge in [0.25, 0.3) is 0 Å². The number of carbonyl (C=O) groups excluding carboxylic acids is 2. The summed E-state index contributed by atoms with van der Waals surface area (Å²) in [7, 11) is 0. The summed E-state index contributed by atoms with van der Waals surface area (Å²) in [4.78, 5) is 29.0. The Morgan fingerprint density at radius 3 is 2.77 bits per heavy atom. The molecule has 0 aromatic carbocycles. The number of rotatable bonds is 6. The predicted octanol–water partition coefficient (Wildman–Crippen LogP) is 2.91. The highest BCUT2D eigenvalue weighted by Crippen LogP contribution is 2.32. The van der Waals surface area contributed by atoms with Crippen molar-refractivity contribution in [3.05, 3.63) is 48.2 Å². The number of amides is 2. The van der Waals surface area contributed by atoms with Crippen LogP contribution in [0, 0.1) is 5.92 Å². The molecule has 0 saturated heterocycles. The van der Waals surface area contributed by atoms with Gasteiger partial charge in [0.05, 0.1) is 19.1 Å². The van der Waals surface area contributed by atoms with Crippen molar-refractivity contribution < 1.29 is 14.0 Å². The molecule has 26 heavy (non-hydrogen) atoms. The predicted molar refractivity (Wildman–Crippen MR) is 98.4 cm³/mol. The third-order valence-corrected chi connectivity index (χ3v) is 4.78. The van der Waals surface area contributed by atoms with Gasteiger partial charge in [-0.1, -0.05) is 20.8 Å². The topological polar surface area (TPSA) is 58.7 Å². The van der Waals surface area contributed by atoms with Crippen molar-refractivity contribution in [2.45, 2.75) is 39.8 Å². The fourth-order valence-corrected chi connectivity index (χ4v) is 3.61. The summed E-state index contributed by atoms with van der Waals surface area (Å²) in [5.41, 5.74) is 2.03. The maximum atomic E-state index is 13.1. The van der Waals surface area contributed by atoms with Crippen molar-refractivity contribution in [3.8, 4) is 0 Å². The number of fused-ring (bicyclic) bond motifs is 1. The molecule has 2 aromatic heterocycles. The maximum absolute atomic E-state index is 13.1. The van der Waals surface area contributed by atoms with Gasteiger partial charge in [-0.15, -0.1) is 0 Å². The molecule has 0 unspecified atom stereocenters. The van der Waals surface area contributed by atoms with Crippen LogP contribution >= 0.6 is 0 Å². The van der Waals surface area contributed by atoms with E-state index in [1.165, 1.54) is 0 Å². The molecular formula is C20H27N3O3. The quantitative estimate of drug-likeness (QED) is 0.799. The van der Waals surface area contributed by atoms with Crippen molar-refractivity contribution in [2.24, 2.45) is 5.92 Å². The molecule has 2 aromatic rings. The molecule has 0 fully saturated rings. The van der Waals surface area contributed by atoms with E-state index in [-0.39, 0.29) is 24.4 Å². The second-order valence-corrected chi connectivity index (χ2v) is 7.19. The Kier molecular flexibility index (Phi) is 5.49. The fraction of sp³-hybridized carbons (Fsp3) is 0.500. The third-order valence-electron chi connectivity index (χ3n) is 4.78. The summed E-state index contributed by atoms with van der Waals surface area (Å²) in [5, 5.41) is 0. The van der Waals surface area contributed by atoms with Gasteiger partial charge in [0.15, 0.2) is 0 Å². The minimum Gasteiger partial charge on any atom is -0.472 e. The van der Waals surface area contributed by atoms with Crippen LogP contribution in [0.15, 0.2) is 41.3 Å². The zero-order valence-electron chi connectivity index (χ0n) is 15.7. The highest BCUT2D eigenvalue weighted by molar-refractivity contribution is 5.85. The summed E-state index contributed by atoms with van der Waals surface area (Å²) in [5.74, 6) is 0.319. The van der Waals surface area contributed by atoms with Crippen LogP contribution in [0.25, 0.3) is 0 Å². The molecule has 2 amide bonds. The second kappa shape index (κ2) is 7.81. The first kappa shape index (κ1) is 18.3. The minimum atomic E-state index is -0.178. The molecule has 140 valence electrons. The fourth-order valence-electron chi connectivity index (χ4n) is 3.61. The van der Waals surface area contributed by atoms with Gasteiger partial charge in [-0.25, -0.2) is 0 Å². The van der Waals surface area contributed by atoms with Crippen LogP contribution in [-0.4, -0.2) is 45.8 Å². The third kappa shape index (κ3) is 3.69. The lowest BCUT2D eigenvalue weighted by atomic mass is 10.0. The van der Waals surface area contributed by atoms with Crippen LogP contribution in [0.1, 0.15) is 44.5 Å². The molecule has 6 heteroatoms. The Morgan fingerprint density at radius 2 is 2.12 bits per heavy atom. The van der Waals surface area contributed by atoms with Crippen LogP contribution in [-0.2, 0) is 16.1 Å². The maximum Gasteiger partial charge on any atom is 0.243 e. The van der Waals surface area contributed by atoms with Crippen molar-refractivity contribution >= 4 is 11.8 Å². The molecule has 1 aliphatic rings. The normalized spacial score (nSPS) is 16.6. The monoisotopic (exact) mass is 357 g/mol. The van der Waals surface area contributed by atoms with E-state index in [4.69, 9.17) is 4.42 Å². The molecule has 1 atom stereocenters. The molecule has 1 aliphatic heterocycles. The van der Waals surface area contributed by atoms with Gasteiger partial charge >= 0.3 is 0 Å². The van der Waals surface area contributed by atoms with Crippen molar-refractivity contribution in [3.63, 3.8) is 0 Å². The van der Waals surface area contributed by atoms with Crippen LogP contribution in [0.4, 0.5) is 0 Å². The first-order valence-corrected chi connectivity index (χ1v) is 9.25. The smallest absolute Gasteiger partial charge is 0.243 e. The molecule has 0 bridgehead atoms. The highest BCUT2D eigenvalue weighted by atomic mass is 16.3. The van der Waals surface area contributed by atoms with E-state index in [1.807, 2.05) is 36.2 Å². The van der Waals surface area contributed by atoms with Gasteiger partial charge in [0, 0.05) is 43.5 Å².